The van der Waals surface area contributed by atoms with Crippen molar-refractivity contribution < 1.29 is 24.5 Å². The van der Waals surface area contributed by atoms with E-state index in [9.17, 15) is 19.8 Å². The molecular formula is C27H29ClN6O5. The summed E-state index contributed by atoms with van der Waals surface area (Å²) in [7, 11) is 0. The molecule has 0 saturated carbocycles. The minimum atomic E-state index is -0.643. The maximum atomic E-state index is 12.7. The highest BCUT2D eigenvalue weighted by molar-refractivity contribution is 6.31. The summed E-state index contributed by atoms with van der Waals surface area (Å²) in [6, 6.07) is 9.64. The molecule has 11 nitrogen and oxygen atoms in total. The molecule has 1 aromatic carbocycles. The van der Waals surface area contributed by atoms with Gasteiger partial charge in [-0.1, -0.05) is 17.7 Å². The Kier molecular flexibility index (Phi) is 8.09. The number of aliphatic hydroxyl groups excluding tert-OH is 1. The maximum Gasteiger partial charge on any atom is 0.410 e. The summed E-state index contributed by atoms with van der Waals surface area (Å²) in [5.41, 5.74) is 0.603. The molecule has 1 atom stereocenters. The lowest BCUT2D eigenvalue weighted by atomic mass is 10.1. The molecule has 2 aromatic heterocycles. The number of aliphatic hydroxyl groups is 1. The number of ether oxygens (including phenoxy) is 1. The number of hydrogen-bond acceptors (Lipinski definition) is 9. The van der Waals surface area contributed by atoms with Crippen LogP contribution in [-0.2, 0) is 11.3 Å². The van der Waals surface area contributed by atoms with Gasteiger partial charge in [-0.3, -0.25) is 9.69 Å². The Morgan fingerprint density at radius 1 is 1.26 bits per heavy atom. The van der Waals surface area contributed by atoms with E-state index in [1.165, 1.54) is 17.2 Å². The molecular weight excluding hydrogens is 524 g/mol. The van der Waals surface area contributed by atoms with E-state index in [0.717, 1.165) is 0 Å². The Balaban J connectivity index is 1.47. The molecule has 1 fully saturated rings. The Morgan fingerprint density at radius 2 is 2.03 bits per heavy atom. The predicted octanol–water partition coefficient (Wildman–Crippen LogP) is 3.21. The number of carbonyl (C=O) groups is 2. The quantitative estimate of drug-likeness (QED) is 0.433. The molecule has 0 aliphatic carbocycles. The Hall–Kier alpha value is -4.14. The number of pyridine rings is 2. The van der Waals surface area contributed by atoms with E-state index in [1.807, 2.05) is 11.0 Å². The fraction of sp³-hybridized carbons (Fsp3) is 0.370. The standard InChI is InChI=1S/C27H29ClN6O5/c1-27(2,3)39-26(38)34-9-8-33(14-18(34)15-35)22-7-6-19-21(32-22)13-30-23(24(19)36)25(37)31-12-17-5-4-16(11-29)10-20(17)28/h4-7,10,13,18,35-36H,8-9,12,14-15H2,1-3H3,(H,31,37)/t18-/m1/s1. The van der Waals surface area contributed by atoms with Crippen molar-refractivity contribution in [3.8, 4) is 11.8 Å². The number of fused-ring (bicyclic) bond motifs is 1. The molecule has 3 aromatic rings. The lowest BCUT2D eigenvalue weighted by Gasteiger charge is -2.41. The second-order valence-corrected chi connectivity index (χ2v) is 10.5. The number of nitrogens with one attached hydrogen (secondary N) is 1. The van der Waals surface area contributed by atoms with Gasteiger partial charge in [0.05, 0.1) is 36.0 Å². The van der Waals surface area contributed by atoms with E-state index in [4.69, 9.17) is 21.6 Å². The van der Waals surface area contributed by atoms with Crippen LogP contribution in [0.5, 0.6) is 5.75 Å². The normalized spacial score (nSPS) is 15.6. The molecule has 4 rings (SSSR count). The van der Waals surface area contributed by atoms with Crippen molar-refractivity contribution >= 4 is 40.3 Å². The number of carbonyl (C=O) groups excluding carboxylic acids is 2. The molecule has 0 radical (unpaired) electrons. The number of nitriles is 1. The lowest BCUT2D eigenvalue weighted by molar-refractivity contribution is 0.00698. The molecule has 39 heavy (non-hydrogen) atoms. The van der Waals surface area contributed by atoms with Crippen LogP contribution in [0.2, 0.25) is 5.02 Å². The number of aromatic nitrogens is 2. The second-order valence-electron chi connectivity index (χ2n) is 10.1. The van der Waals surface area contributed by atoms with E-state index >= 15 is 0 Å². The van der Waals surface area contributed by atoms with Crippen LogP contribution >= 0.6 is 11.6 Å². The van der Waals surface area contributed by atoms with Crippen LogP contribution in [0.15, 0.2) is 36.5 Å². The molecule has 1 aliphatic heterocycles. The number of aromatic hydroxyl groups is 1. The van der Waals surface area contributed by atoms with Gasteiger partial charge in [-0.25, -0.2) is 14.8 Å². The van der Waals surface area contributed by atoms with Gasteiger partial charge in [-0.2, -0.15) is 5.26 Å². The third-order valence-corrected chi connectivity index (χ3v) is 6.54. The summed E-state index contributed by atoms with van der Waals surface area (Å²) in [5.74, 6) is -0.320. The average molecular weight is 553 g/mol. The van der Waals surface area contributed by atoms with Crippen LogP contribution in [0.3, 0.4) is 0 Å². The van der Waals surface area contributed by atoms with Crippen molar-refractivity contribution in [1.82, 2.24) is 20.2 Å². The van der Waals surface area contributed by atoms with E-state index in [2.05, 4.69) is 15.3 Å². The second kappa shape index (κ2) is 11.3. The van der Waals surface area contributed by atoms with Gasteiger partial charge in [0.1, 0.15) is 11.4 Å². The van der Waals surface area contributed by atoms with Crippen molar-refractivity contribution in [1.29, 1.82) is 5.26 Å². The van der Waals surface area contributed by atoms with Gasteiger partial charge in [-0.05, 0) is 50.6 Å². The summed E-state index contributed by atoms with van der Waals surface area (Å²) in [5, 5.41) is 33.0. The topological polar surface area (TPSA) is 152 Å². The molecule has 3 heterocycles. The van der Waals surface area contributed by atoms with Crippen molar-refractivity contribution in [2.75, 3.05) is 31.1 Å². The zero-order valence-corrected chi connectivity index (χ0v) is 22.6. The minimum absolute atomic E-state index is 0.0843. The Labute approximate surface area is 230 Å². The molecule has 1 aliphatic rings. The first kappa shape index (κ1) is 27.9. The first-order valence-corrected chi connectivity index (χ1v) is 12.7. The fourth-order valence-corrected chi connectivity index (χ4v) is 4.47. The third kappa shape index (κ3) is 6.30. The number of anilines is 1. The van der Waals surface area contributed by atoms with Crippen molar-refractivity contribution in [3.05, 3.63) is 58.4 Å². The molecule has 3 N–H and O–H groups in total. The number of benzene rings is 1. The highest BCUT2D eigenvalue weighted by atomic mass is 35.5. The predicted molar refractivity (Wildman–Crippen MR) is 145 cm³/mol. The highest BCUT2D eigenvalue weighted by Crippen LogP contribution is 2.29. The number of halogens is 1. The Bertz CT molecular complexity index is 1450. The van der Waals surface area contributed by atoms with Crippen LogP contribution < -0.4 is 10.2 Å². The monoisotopic (exact) mass is 552 g/mol. The molecule has 12 heteroatoms. The third-order valence-electron chi connectivity index (χ3n) is 6.19. The zero-order chi connectivity index (χ0) is 28.3. The van der Waals surface area contributed by atoms with Gasteiger partial charge in [-0.15, -0.1) is 0 Å². The first-order valence-electron chi connectivity index (χ1n) is 12.3. The van der Waals surface area contributed by atoms with E-state index in [-0.39, 0.29) is 24.6 Å². The first-order chi connectivity index (χ1) is 18.5. The highest BCUT2D eigenvalue weighted by Gasteiger charge is 2.33. The van der Waals surface area contributed by atoms with Crippen LogP contribution in [0.25, 0.3) is 10.9 Å². The Morgan fingerprint density at radius 3 is 2.69 bits per heavy atom. The molecule has 204 valence electrons. The average Bonchev–Trinajstić information content (AvgIpc) is 2.90. The van der Waals surface area contributed by atoms with Crippen molar-refractivity contribution in [2.24, 2.45) is 0 Å². The lowest BCUT2D eigenvalue weighted by Crippen LogP contribution is -2.57. The fourth-order valence-electron chi connectivity index (χ4n) is 4.22. The molecule has 0 bridgehead atoms. The van der Waals surface area contributed by atoms with Crippen LogP contribution in [-0.4, -0.2) is 75.0 Å². The van der Waals surface area contributed by atoms with Crippen molar-refractivity contribution in [2.45, 2.75) is 39.0 Å². The van der Waals surface area contributed by atoms with Crippen LogP contribution in [0, 0.1) is 11.3 Å². The zero-order valence-electron chi connectivity index (χ0n) is 21.8. The van der Waals surface area contributed by atoms with E-state index in [1.54, 1.807) is 45.0 Å². The molecule has 0 unspecified atom stereocenters. The number of amides is 2. The van der Waals surface area contributed by atoms with Gasteiger partial charge in [0, 0.05) is 36.6 Å². The van der Waals surface area contributed by atoms with Gasteiger partial charge in [0.15, 0.2) is 11.4 Å². The van der Waals surface area contributed by atoms with Crippen molar-refractivity contribution in [3.63, 3.8) is 0 Å². The summed E-state index contributed by atoms with van der Waals surface area (Å²) in [4.78, 5) is 37.5. The van der Waals surface area contributed by atoms with E-state index < -0.39 is 23.6 Å². The largest absolute Gasteiger partial charge is 0.505 e. The molecule has 2 amide bonds. The molecule has 1 saturated heterocycles. The van der Waals surface area contributed by atoms with Gasteiger partial charge < -0.3 is 25.2 Å². The number of rotatable bonds is 5. The molecule has 0 spiro atoms. The number of piperazine rings is 1. The SMILES string of the molecule is CC(C)(C)OC(=O)N1CCN(c2ccc3c(O)c(C(=O)NCc4ccc(C#N)cc4Cl)ncc3n2)C[C@@H]1CO. The summed E-state index contributed by atoms with van der Waals surface area (Å²) >= 11 is 6.17. The van der Waals surface area contributed by atoms with E-state index in [0.29, 0.717) is 52.5 Å². The van der Waals surface area contributed by atoms with Gasteiger partial charge >= 0.3 is 6.09 Å². The smallest absolute Gasteiger partial charge is 0.410 e. The van der Waals surface area contributed by atoms with Crippen LogP contribution in [0.4, 0.5) is 10.6 Å². The summed E-state index contributed by atoms with van der Waals surface area (Å²) in [6.45, 7) is 6.36. The van der Waals surface area contributed by atoms with Crippen LogP contribution in [0.1, 0.15) is 42.4 Å². The number of hydrogen-bond donors (Lipinski definition) is 3. The maximum absolute atomic E-state index is 12.7. The summed E-state index contributed by atoms with van der Waals surface area (Å²) < 4.78 is 5.46. The summed E-state index contributed by atoms with van der Waals surface area (Å²) in [6.07, 6.45) is 0.928. The minimum Gasteiger partial charge on any atom is -0.505 e. The number of nitrogens with zero attached hydrogens (tertiary/aromatic N) is 5. The van der Waals surface area contributed by atoms with Gasteiger partial charge in [0.2, 0.25) is 0 Å². The van der Waals surface area contributed by atoms with Gasteiger partial charge in [0.25, 0.3) is 5.91 Å².